The van der Waals surface area contributed by atoms with Gasteiger partial charge in [0.05, 0.1) is 10.6 Å². The molecule has 0 bridgehead atoms. The van der Waals surface area contributed by atoms with Crippen LogP contribution in [0.25, 0.3) is 0 Å². The lowest BCUT2D eigenvalue weighted by Gasteiger charge is -2.13. The van der Waals surface area contributed by atoms with Crippen LogP contribution in [0, 0.1) is 20.8 Å². The first kappa shape index (κ1) is 23.0. The maximum atomic E-state index is 12.7. The molecule has 7 nitrogen and oxygen atoms in total. The topological polar surface area (TPSA) is 93.9 Å². The molecule has 1 heterocycles. The molecule has 3 aromatic rings. The first-order chi connectivity index (χ1) is 14.7. The van der Waals surface area contributed by atoms with E-state index in [0.29, 0.717) is 17.5 Å². The molecular formula is C22H26N4O3S2. The largest absolute Gasteiger partial charge is 0.325 e. The van der Waals surface area contributed by atoms with Gasteiger partial charge in [0.15, 0.2) is 15.0 Å². The number of nitrogens with one attached hydrogen (secondary N) is 1. The third kappa shape index (κ3) is 5.54. The van der Waals surface area contributed by atoms with E-state index in [4.69, 9.17) is 0 Å². The third-order valence-corrected chi connectivity index (χ3v) is 7.40. The number of carbonyl (C=O) groups is 1. The Labute approximate surface area is 187 Å². The maximum Gasteiger partial charge on any atom is 0.234 e. The normalized spacial score (nSPS) is 11.5. The molecular weight excluding hydrogens is 432 g/mol. The van der Waals surface area contributed by atoms with Gasteiger partial charge < -0.3 is 9.88 Å². The molecule has 2 aromatic carbocycles. The van der Waals surface area contributed by atoms with E-state index in [9.17, 15) is 13.2 Å². The van der Waals surface area contributed by atoms with E-state index in [1.165, 1.54) is 11.8 Å². The summed E-state index contributed by atoms with van der Waals surface area (Å²) in [7, 11) is -3.53. The number of hydrogen-bond acceptors (Lipinski definition) is 6. The van der Waals surface area contributed by atoms with E-state index in [-0.39, 0.29) is 22.3 Å². The van der Waals surface area contributed by atoms with Crippen LogP contribution in [-0.4, -0.2) is 34.8 Å². The zero-order chi connectivity index (χ0) is 22.6. The second-order valence-electron chi connectivity index (χ2n) is 7.33. The Kier molecular flexibility index (Phi) is 7.17. The molecule has 1 N–H and O–H groups in total. The Morgan fingerprint density at radius 2 is 1.71 bits per heavy atom. The summed E-state index contributed by atoms with van der Waals surface area (Å²) in [5.74, 6) is 0.117. The van der Waals surface area contributed by atoms with E-state index in [2.05, 4.69) is 15.5 Å². The first-order valence-electron chi connectivity index (χ1n) is 9.91. The Morgan fingerprint density at radius 1 is 1.06 bits per heavy atom. The SMILES string of the molecule is CCn1c(CS(=O)(=O)c2ccccc2)nnc1SCC(=O)Nc1c(C)cc(C)cc1C. The summed E-state index contributed by atoms with van der Waals surface area (Å²) in [5.41, 5.74) is 4.00. The van der Waals surface area contributed by atoms with E-state index in [0.717, 1.165) is 22.4 Å². The van der Waals surface area contributed by atoms with Crippen molar-refractivity contribution in [2.45, 2.75) is 50.0 Å². The number of benzene rings is 2. The van der Waals surface area contributed by atoms with E-state index in [1.807, 2.05) is 39.8 Å². The van der Waals surface area contributed by atoms with Gasteiger partial charge in [-0.3, -0.25) is 4.79 Å². The van der Waals surface area contributed by atoms with Gasteiger partial charge in [-0.15, -0.1) is 10.2 Å². The fraction of sp³-hybridized carbons (Fsp3) is 0.318. The molecule has 1 aromatic heterocycles. The minimum Gasteiger partial charge on any atom is -0.325 e. The summed E-state index contributed by atoms with van der Waals surface area (Å²) in [5, 5.41) is 11.7. The fourth-order valence-corrected chi connectivity index (χ4v) is 5.53. The third-order valence-electron chi connectivity index (χ3n) is 4.80. The second kappa shape index (κ2) is 9.65. The highest BCUT2D eigenvalue weighted by atomic mass is 32.2. The van der Waals surface area contributed by atoms with Crippen molar-refractivity contribution in [3.63, 3.8) is 0 Å². The zero-order valence-corrected chi connectivity index (χ0v) is 19.7. The van der Waals surface area contributed by atoms with Crippen molar-refractivity contribution in [2.75, 3.05) is 11.1 Å². The maximum absolute atomic E-state index is 12.7. The minimum absolute atomic E-state index is 0.149. The molecule has 0 aliphatic heterocycles. The van der Waals surface area contributed by atoms with Crippen molar-refractivity contribution < 1.29 is 13.2 Å². The van der Waals surface area contributed by atoms with Crippen LogP contribution in [0.4, 0.5) is 5.69 Å². The van der Waals surface area contributed by atoms with Crippen LogP contribution >= 0.6 is 11.8 Å². The summed E-state index contributed by atoms with van der Waals surface area (Å²) >= 11 is 1.24. The van der Waals surface area contributed by atoms with Crippen LogP contribution in [0.15, 0.2) is 52.5 Å². The molecule has 1 amide bonds. The highest BCUT2D eigenvalue weighted by molar-refractivity contribution is 7.99. The molecule has 0 spiro atoms. The summed E-state index contributed by atoms with van der Waals surface area (Å²) < 4.78 is 27.1. The average molecular weight is 459 g/mol. The van der Waals surface area contributed by atoms with Crippen LogP contribution < -0.4 is 5.32 Å². The number of amides is 1. The lowest BCUT2D eigenvalue weighted by atomic mass is 10.1. The van der Waals surface area contributed by atoms with Crippen molar-refractivity contribution in [3.8, 4) is 0 Å². The predicted molar refractivity (Wildman–Crippen MR) is 123 cm³/mol. The van der Waals surface area contributed by atoms with Crippen molar-refractivity contribution in [2.24, 2.45) is 0 Å². The van der Waals surface area contributed by atoms with Gasteiger partial charge in [-0.05, 0) is 51.0 Å². The van der Waals surface area contributed by atoms with Gasteiger partial charge in [0, 0.05) is 12.2 Å². The van der Waals surface area contributed by atoms with Crippen molar-refractivity contribution in [3.05, 3.63) is 65.0 Å². The highest BCUT2D eigenvalue weighted by Crippen LogP contribution is 2.24. The molecule has 0 atom stereocenters. The van der Waals surface area contributed by atoms with Crippen molar-refractivity contribution >= 4 is 33.2 Å². The Balaban J connectivity index is 1.69. The van der Waals surface area contributed by atoms with Gasteiger partial charge in [0.25, 0.3) is 0 Å². The van der Waals surface area contributed by atoms with Gasteiger partial charge in [0.2, 0.25) is 5.91 Å². The summed E-state index contributed by atoms with van der Waals surface area (Å²) in [6.45, 7) is 8.36. The standard InChI is InChI=1S/C22H26N4O3S2/c1-5-26-19(14-31(28,29)18-9-7-6-8-10-18)24-25-22(26)30-13-20(27)23-21-16(3)11-15(2)12-17(21)4/h6-12H,5,13-14H2,1-4H3,(H,23,27). The highest BCUT2D eigenvalue weighted by Gasteiger charge is 2.21. The predicted octanol–water partition coefficient (Wildman–Crippen LogP) is 3.93. The number of thioether (sulfide) groups is 1. The molecule has 0 saturated heterocycles. The van der Waals surface area contributed by atoms with Gasteiger partial charge in [-0.25, -0.2) is 8.42 Å². The Bertz CT molecular complexity index is 1170. The van der Waals surface area contributed by atoms with Gasteiger partial charge >= 0.3 is 0 Å². The monoisotopic (exact) mass is 458 g/mol. The number of hydrogen-bond donors (Lipinski definition) is 1. The zero-order valence-electron chi connectivity index (χ0n) is 18.0. The van der Waals surface area contributed by atoms with Crippen LogP contribution in [0.1, 0.15) is 29.4 Å². The van der Waals surface area contributed by atoms with Crippen LogP contribution in [0.3, 0.4) is 0 Å². The fourth-order valence-electron chi connectivity index (χ4n) is 3.41. The van der Waals surface area contributed by atoms with Gasteiger partial charge in [-0.1, -0.05) is 47.7 Å². The van der Waals surface area contributed by atoms with Gasteiger partial charge in [-0.2, -0.15) is 0 Å². The van der Waals surface area contributed by atoms with Crippen LogP contribution in [0.5, 0.6) is 0 Å². The smallest absolute Gasteiger partial charge is 0.234 e. The number of sulfone groups is 1. The molecule has 31 heavy (non-hydrogen) atoms. The minimum atomic E-state index is -3.53. The second-order valence-corrected chi connectivity index (χ2v) is 10.3. The lowest BCUT2D eigenvalue weighted by Crippen LogP contribution is -2.16. The number of aryl methyl sites for hydroxylation is 3. The summed E-state index contributed by atoms with van der Waals surface area (Å²) in [6, 6.07) is 12.3. The number of anilines is 1. The number of aromatic nitrogens is 3. The van der Waals surface area contributed by atoms with Crippen molar-refractivity contribution in [1.29, 1.82) is 0 Å². The number of rotatable bonds is 8. The molecule has 0 aliphatic rings. The molecule has 0 aliphatic carbocycles. The van der Waals surface area contributed by atoms with Gasteiger partial charge in [0.1, 0.15) is 11.6 Å². The quantitative estimate of drug-likeness (QED) is 0.514. The van der Waals surface area contributed by atoms with Crippen molar-refractivity contribution in [1.82, 2.24) is 14.8 Å². The average Bonchev–Trinajstić information content (AvgIpc) is 3.10. The Hall–Kier alpha value is -2.65. The van der Waals surface area contributed by atoms with E-state index in [1.54, 1.807) is 34.9 Å². The summed E-state index contributed by atoms with van der Waals surface area (Å²) in [4.78, 5) is 12.8. The molecule has 0 saturated carbocycles. The molecule has 164 valence electrons. The Morgan fingerprint density at radius 3 is 2.32 bits per heavy atom. The van der Waals surface area contributed by atoms with Crippen LogP contribution in [-0.2, 0) is 26.9 Å². The van der Waals surface area contributed by atoms with E-state index >= 15 is 0 Å². The lowest BCUT2D eigenvalue weighted by molar-refractivity contribution is -0.113. The van der Waals surface area contributed by atoms with E-state index < -0.39 is 9.84 Å². The number of carbonyl (C=O) groups excluding carboxylic acids is 1. The molecule has 0 unspecified atom stereocenters. The number of nitrogens with zero attached hydrogens (tertiary/aromatic N) is 3. The molecule has 3 rings (SSSR count). The van der Waals surface area contributed by atoms with Crippen LogP contribution in [0.2, 0.25) is 0 Å². The molecule has 9 heteroatoms. The molecule has 0 radical (unpaired) electrons. The first-order valence-corrected chi connectivity index (χ1v) is 12.6. The molecule has 0 fully saturated rings. The summed E-state index contributed by atoms with van der Waals surface area (Å²) in [6.07, 6.45) is 0.